The normalized spacial score (nSPS) is 12.5. The summed E-state index contributed by atoms with van der Waals surface area (Å²) in [5, 5.41) is -0.313. The molecule has 0 spiro atoms. The van der Waals surface area contributed by atoms with E-state index >= 15 is 0 Å². The predicted molar refractivity (Wildman–Crippen MR) is 63.0 cm³/mol. The summed E-state index contributed by atoms with van der Waals surface area (Å²) in [6, 6.07) is 7.40. The highest BCUT2D eigenvalue weighted by Gasteiger charge is 2.25. The second kappa shape index (κ2) is 3.59. The number of fused-ring (bicyclic) bond motifs is 1. The fraction of sp³-hybridized carbons (Fsp3) is 0.364. The molecule has 0 unspecified atom stereocenters. The number of sulfone groups is 1. The molecule has 86 valence electrons. The van der Waals surface area contributed by atoms with Gasteiger partial charge in [-0.2, -0.15) is 0 Å². The highest BCUT2D eigenvalue weighted by atomic mass is 32.2. The molecule has 0 atom stereocenters. The summed E-state index contributed by atoms with van der Waals surface area (Å²) in [6.45, 7) is 3.32. The monoisotopic (exact) mass is 238 g/mol. The summed E-state index contributed by atoms with van der Waals surface area (Å²) < 4.78 is 25.7. The van der Waals surface area contributed by atoms with E-state index in [4.69, 9.17) is 0 Å². The van der Waals surface area contributed by atoms with Crippen LogP contribution in [0.4, 0.5) is 0 Å². The topological polar surface area (TPSA) is 52.0 Å². The third-order valence-electron chi connectivity index (χ3n) is 2.62. The molecule has 2 aromatic rings. The first-order valence-corrected chi connectivity index (χ1v) is 6.64. The van der Waals surface area contributed by atoms with Crippen molar-refractivity contribution >= 4 is 20.9 Å². The molecular formula is C11H14N2O2S. The molecule has 0 saturated carbocycles. The molecule has 0 radical (unpaired) electrons. The van der Waals surface area contributed by atoms with Crippen LogP contribution in [0.3, 0.4) is 0 Å². The number of imidazole rings is 1. The number of benzene rings is 1. The minimum Gasteiger partial charge on any atom is -0.318 e. The first kappa shape index (κ1) is 11.1. The van der Waals surface area contributed by atoms with Crippen LogP contribution < -0.4 is 0 Å². The molecule has 1 aromatic carbocycles. The van der Waals surface area contributed by atoms with E-state index in [9.17, 15) is 8.42 Å². The van der Waals surface area contributed by atoms with Crippen molar-refractivity contribution in [2.45, 2.75) is 24.3 Å². The molecule has 0 aliphatic carbocycles. The average Bonchev–Trinajstić information content (AvgIpc) is 2.57. The molecule has 0 N–H and O–H groups in total. The number of hydrogen-bond donors (Lipinski definition) is 0. The van der Waals surface area contributed by atoms with Gasteiger partial charge in [0.2, 0.25) is 15.0 Å². The smallest absolute Gasteiger partial charge is 0.228 e. The number of para-hydroxylation sites is 2. The van der Waals surface area contributed by atoms with E-state index in [1.54, 1.807) is 25.5 Å². The Morgan fingerprint density at radius 3 is 2.44 bits per heavy atom. The largest absolute Gasteiger partial charge is 0.318 e. The zero-order valence-electron chi connectivity index (χ0n) is 9.51. The van der Waals surface area contributed by atoms with Crippen LogP contribution >= 0.6 is 0 Å². The van der Waals surface area contributed by atoms with Crippen LogP contribution in [0, 0.1) is 0 Å². The number of rotatable bonds is 2. The molecule has 1 heterocycles. The van der Waals surface area contributed by atoms with Gasteiger partial charge in [0, 0.05) is 7.05 Å². The van der Waals surface area contributed by atoms with E-state index in [1.807, 2.05) is 24.3 Å². The van der Waals surface area contributed by atoms with Crippen molar-refractivity contribution < 1.29 is 8.42 Å². The number of nitrogens with zero attached hydrogens (tertiary/aromatic N) is 2. The lowest BCUT2D eigenvalue weighted by atomic mass is 10.3. The molecule has 5 heteroatoms. The van der Waals surface area contributed by atoms with Gasteiger partial charge in [0.25, 0.3) is 0 Å². The molecule has 0 bridgehead atoms. The van der Waals surface area contributed by atoms with Crippen molar-refractivity contribution in [1.29, 1.82) is 0 Å². The maximum Gasteiger partial charge on any atom is 0.228 e. The Kier molecular flexibility index (Phi) is 2.50. The highest BCUT2D eigenvalue weighted by molar-refractivity contribution is 7.91. The van der Waals surface area contributed by atoms with E-state index in [2.05, 4.69) is 4.98 Å². The third-order valence-corrected chi connectivity index (χ3v) is 4.74. The lowest BCUT2D eigenvalue weighted by molar-refractivity contribution is 0.572. The fourth-order valence-electron chi connectivity index (χ4n) is 1.59. The van der Waals surface area contributed by atoms with Gasteiger partial charge >= 0.3 is 0 Å². The van der Waals surface area contributed by atoms with Crippen molar-refractivity contribution in [3.63, 3.8) is 0 Å². The van der Waals surface area contributed by atoms with Crippen LogP contribution in [-0.4, -0.2) is 23.2 Å². The molecule has 0 saturated heterocycles. The minimum atomic E-state index is -3.32. The predicted octanol–water partition coefficient (Wildman–Crippen LogP) is 1.76. The Morgan fingerprint density at radius 1 is 1.25 bits per heavy atom. The van der Waals surface area contributed by atoms with Crippen molar-refractivity contribution in [2.24, 2.45) is 7.05 Å². The number of hydrogen-bond acceptors (Lipinski definition) is 3. The number of aromatic nitrogens is 2. The zero-order valence-corrected chi connectivity index (χ0v) is 10.3. The van der Waals surface area contributed by atoms with E-state index in [1.165, 1.54) is 0 Å². The average molecular weight is 238 g/mol. The summed E-state index contributed by atoms with van der Waals surface area (Å²) in [5.41, 5.74) is 1.55. The van der Waals surface area contributed by atoms with Crippen LogP contribution in [0.25, 0.3) is 11.0 Å². The highest BCUT2D eigenvalue weighted by Crippen LogP contribution is 2.20. The van der Waals surface area contributed by atoms with Crippen LogP contribution in [0.5, 0.6) is 0 Å². The van der Waals surface area contributed by atoms with Gasteiger partial charge in [0.1, 0.15) is 0 Å². The molecule has 1 aromatic heterocycles. The SMILES string of the molecule is CC(C)S(=O)(=O)c1nc2ccccc2n1C. The van der Waals surface area contributed by atoms with Crippen LogP contribution in [0.15, 0.2) is 29.4 Å². The second-order valence-corrected chi connectivity index (χ2v) is 6.43. The van der Waals surface area contributed by atoms with E-state index in [-0.39, 0.29) is 5.16 Å². The van der Waals surface area contributed by atoms with Gasteiger partial charge in [-0.1, -0.05) is 12.1 Å². The molecule has 0 aliphatic rings. The van der Waals surface area contributed by atoms with Crippen molar-refractivity contribution in [1.82, 2.24) is 9.55 Å². The van der Waals surface area contributed by atoms with Crippen molar-refractivity contribution in [2.75, 3.05) is 0 Å². The van der Waals surface area contributed by atoms with Gasteiger partial charge in [0.15, 0.2) is 0 Å². The van der Waals surface area contributed by atoms with Gasteiger partial charge in [-0.25, -0.2) is 13.4 Å². The maximum absolute atomic E-state index is 12.0. The van der Waals surface area contributed by atoms with Gasteiger partial charge in [-0.05, 0) is 26.0 Å². The van der Waals surface area contributed by atoms with Crippen molar-refractivity contribution in [3.05, 3.63) is 24.3 Å². The van der Waals surface area contributed by atoms with Crippen LogP contribution in [-0.2, 0) is 16.9 Å². The molecule has 2 rings (SSSR count). The molecule has 0 aliphatic heterocycles. The van der Waals surface area contributed by atoms with E-state index in [0.29, 0.717) is 5.52 Å². The van der Waals surface area contributed by atoms with Gasteiger partial charge in [0.05, 0.1) is 16.3 Å². The Hall–Kier alpha value is -1.36. The standard InChI is InChI=1S/C11H14N2O2S/c1-8(2)16(14,15)11-12-9-6-4-5-7-10(9)13(11)3/h4-8H,1-3H3. The summed E-state index contributed by atoms with van der Waals surface area (Å²) in [7, 11) is -1.59. The van der Waals surface area contributed by atoms with Crippen molar-refractivity contribution in [3.8, 4) is 0 Å². The quantitative estimate of drug-likeness (QED) is 0.801. The summed E-state index contributed by atoms with van der Waals surface area (Å²) in [4.78, 5) is 4.18. The summed E-state index contributed by atoms with van der Waals surface area (Å²) in [6.07, 6.45) is 0. The van der Waals surface area contributed by atoms with E-state index in [0.717, 1.165) is 5.52 Å². The number of aryl methyl sites for hydroxylation is 1. The fourth-order valence-corrected chi connectivity index (χ4v) is 2.72. The van der Waals surface area contributed by atoms with E-state index < -0.39 is 15.1 Å². The van der Waals surface area contributed by atoms with Crippen LogP contribution in [0.2, 0.25) is 0 Å². The first-order valence-electron chi connectivity index (χ1n) is 5.10. The van der Waals surface area contributed by atoms with Gasteiger partial charge in [-0.3, -0.25) is 0 Å². The summed E-state index contributed by atoms with van der Waals surface area (Å²) >= 11 is 0. The molecule has 0 amide bonds. The molecular weight excluding hydrogens is 224 g/mol. The van der Waals surface area contributed by atoms with Gasteiger partial charge < -0.3 is 4.57 Å². The van der Waals surface area contributed by atoms with Crippen LogP contribution in [0.1, 0.15) is 13.8 Å². The minimum absolute atomic E-state index is 0.142. The molecule has 0 fully saturated rings. The summed E-state index contributed by atoms with van der Waals surface area (Å²) in [5.74, 6) is 0. The lowest BCUT2D eigenvalue weighted by Gasteiger charge is -2.06. The second-order valence-electron chi connectivity index (χ2n) is 4.04. The first-order chi connectivity index (χ1) is 7.44. The lowest BCUT2D eigenvalue weighted by Crippen LogP contribution is -2.18. The zero-order chi connectivity index (χ0) is 11.9. The molecule has 16 heavy (non-hydrogen) atoms. The van der Waals surface area contributed by atoms with Gasteiger partial charge in [-0.15, -0.1) is 0 Å². The Labute approximate surface area is 94.8 Å². The Morgan fingerprint density at radius 2 is 1.88 bits per heavy atom. The Bertz CT molecular complexity index is 626. The third kappa shape index (κ3) is 1.51. The maximum atomic E-state index is 12.0. The Balaban J connectivity index is 2.77. The molecule has 4 nitrogen and oxygen atoms in total.